The third-order valence-electron chi connectivity index (χ3n) is 4.64. The molecule has 166 valence electrons. The molecule has 0 aliphatic heterocycles. The van der Waals surface area contributed by atoms with Crippen LogP contribution < -0.4 is 0 Å². The second-order valence-electron chi connectivity index (χ2n) is 7.22. The maximum absolute atomic E-state index is 11.5. The number of ketones is 2. The first-order valence-electron chi connectivity index (χ1n) is 10.4. The average molecular weight is 403 g/mol. The fourth-order valence-corrected chi connectivity index (χ4v) is 2.82. The van der Waals surface area contributed by atoms with E-state index in [-0.39, 0.29) is 35.7 Å². The molecule has 0 saturated heterocycles. The third-order valence-corrected chi connectivity index (χ3v) is 4.64. The average Bonchev–Trinajstić information content (AvgIpc) is 2.63. The monoisotopic (exact) mass is 402 g/mol. The summed E-state index contributed by atoms with van der Waals surface area (Å²) >= 11 is 0. The lowest BCUT2D eigenvalue weighted by molar-refractivity contribution is -0.143. The molecule has 3 atom stereocenters. The van der Waals surface area contributed by atoms with Crippen LogP contribution in [-0.2, 0) is 28.6 Å². The molecule has 0 aliphatic rings. The number of ether oxygens (including phenoxy) is 3. The maximum atomic E-state index is 11.5. The fourth-order valence-electron chi connectivity index (χ4n) is 2.82. The van der Waals surface area contributed by atoms with E-state index in [0.29, 0.717) is 19.4 Å². The van der Waals surface area contributed by atoms with Crippen molar-refractivity contribution in [3.8, 4) is 0 Å². The van der Waals surface area contributed by atoms with Crippen LogP contribution >= 0.6 is 0 Å². The van der Waals surface area contributed by atoms with Crippen molar-refractivity contribution in [2.24, 2.45) is 5.92 Å². The summed E-state index contributed by atoms with van der Waals surface area (Å²) in [6.45, 7) is 9.31. The zero-order valence-corrected chi connectivity index (χ0v) is 19.0. The topological polar surface area (TPSA) is 78.9 Å². The van der Waals surface area contributed by atoms with Crippen molar-refractivity contribution < 1.29 is 28.6 Å². The Morgan fingerprint density at radius 2 is 1.43 bits per heavy atom. The molecular formula is C22H42O6. The summed E-state index contributed by atoms with van der Waals surface area (Å²) in [5, 5.41) is 0. The van der Waals surface area contributed by atoms with E-state index in [1.54, 1.807) is 28.1 Å². The van der Waals surface area contributed by atoms with Gasteiger partial charge in [-0.1, -0.05) is 25.7 Å². The number of esters is 1. The van der Waals surface area contributed by atoms with Crippen molar-refractivity contribution in [1.29, 1.82) is 0 Å². The van der Waals surface area contributed by atoms with Gasteiger partial charge in [-0.05, 0) is 47.5 Å². The quantitative estimate of drug-likeness (QED) is 0.296. The molecule has 6 nitrogen and oxygen atoms in total. The minimum Gasteiger partial charge on any atom is -0.466 e. The van der Waals surface area contributed by atoms with Crippen molar-refractivity contribution in [2.75, 3.05) is 20.8 Å². The molecule has 0 fully saturated rings. The first-order valence-corrected chi connectivity index (χ1v) is 10.4. The number of hydrogen-bond donors (Lipinski definition) is 0. The van der Waals surface area contributed by atoms with Crippen LogP contribution in [0.2, 0.25) is 0 Å². The number of rotatable bonds is 15. The lowest BCUT2D eigenvalue weighted by Crippen LogP contribution is -2.25. The van der Waals surface area contributed by atoms with Gasteiger partial charge in [0.05, 0.1) is 18.8 Å². The lowest BCUT2D eigenvalue weighted by Gasteiger charge is -2.20. The number of hydrogen-bond acceptors (Lipinski definition) is 6. The summed E-state index contributed by atoms with van der Waals surface area (Å²) in [6.07, 6.45) is 7.19. The molecule has 3 unspecified atom stereocenters. The number of methoxy groups -OCH3 is 2. The molecule has 0 radical (unpaired) electrons. The highest BCUT2D eigenvalue weighted by Gasteiger charge is 2.20. The molecular weight excluding hydrogens is 360 g/mol. The second-order valence-corrected chi connectivity index (χ2v) is 7.22. The zero-order chi connectivity index (χ0) is 21.9. The summed E-state index contributed by atoms with van der Waals surface area (Å²) in [5.41, 5.74) is 0. The Labute approximate surface area is 171 Å². The van der Waals surface area contributed by atoms with Gasteiger partial charge in [-0.15, -0.1) is 0 Å². The van der Waals surface area contributed by atoms with Gasteiger partial charge < -0.3 is 14.2 Å². The molecule has 28 heavy (non-hydrogen) atoms. The summed E-state index contributed by atoms with van der Waals surface area (Å²) < 4.78 is 15.0. The van der Waals surface area contributed by atoms with Gasteiger partial charge in [0.1, 0.15) is 11.6 Å². The highest BCUT2D eigenvalue weighted by molar-refractivity contribution is 5.78. The van der Waals surface area contributed by atoms with Crippen LogP contribution in [0, 0.1) is 5.92 Å². The van der Waals surface area contributed by atoms with Gasteiger partial charge in [0.25, 0.3) is 0 Å². The zero-order valence-electron chi connectivity index (χ0n) is 19.0. The van der Waals surface area contributed by atoms with Crippen LogP contribution in [0.25, 0.3) is 0 Å². The molecule has 6 heteroatoms. The van der Waals surface area contributed by atoms with Crippen LogP contribution in [-0.4, -0.2) is 50.6 Å². The number of carbonyl (C=O) groups is 3. The van der Waals surface area contributed by atoms with E-state index in [1.807, 2.05) is 20.8 Å². The van der Waals surface area contributed by atoms with E-state index in [1.165, 1.54) is 0 Å². The summed E-state index contributed by atoms with van der Waals surface area (Å²) in [4.78, 5) is 33.0. The Kier molecular flexibility index (Phi) is 19.7. The largest absolute Gasteiger partial charge is 0.466 e. The number of unbranched alkanes of at least 4 members (excludes halogenated alkanes) is 4. The third kappa shape index (κ3) is 18.1. The molecule has 0 N–H and O–H groups in total. The SMILES string of the molecule is CCOC(=O)CCCCCCCC(C(C)=O)C(C)OC.COC(C)CC(C)=O. The van der Waals surface area contributed by atoms with Crippen LogP contribution in [0.4, 0.5) is 0 Å². The van der Waals surface area contributed by atoms with Gasteiger partial charge in [-0.3, -0.25) is 14.4 Å². The van der Waals surface area contributed by atoms with Crippen molar-refractivity contribution in [1.82, 2.24) is 0 Å². The van der Waals surface area contributed by atoms with Gasteiger partial charge >= 0.3 is 5.97 Å². The van der Waals surface area contributed by atoms with E-state index >= 15 is 0 Å². The number of Topliss-reactive ketones (excluding diaryl/α,β-unsaturated/α-hetero) is 2. The van der Waals surface area contributed by atoms with E-state index in [9.17, 15) is 14.4 Å². The minimum atomic E-state index is -0.0990. The molecule has 0 heterocycles. The van der Waals surface area contributed by atoms with Gasteiger partial charge in [0.15, 0.2) is 0 Å². The van der Waals surface area contributed by atoms with E-state index in [0.717, 1.165) is 38.5 Å². The normalized spacial score (nSPS) is 13.7. The van der Waals surface area contributed by atoms with Crippen molar-refractivity contribution in [3.63, 3.8) is 0 Å². The van der Waals surface area contributed by atoms with Crippen LogP contribution in [0.3, 0.4) is 0 Å². The first kappa shape index (κ1) is 28.9. The van der Waals surface area contributed by atoms with Crippen LogP contribution in [0.1, 0.15) is 86.0 Å². The molecule has 0 aromatic heterocycles. The Bertz CT molecular complexity index is 421. The molecule has 0 rings (SSSR count). The Morgan fingerprint density at radius 3 is 1.86 bits per heavy atom. The molecule has 0 aromatic rings. The minimum absolute atomic E-state index is 0.00341. The molecule has 0 aliphatic carbocycles. The molecule has 0 amide bonds. The predicted molar refractivity (Wildman–Crippen MR) is 111 cm³/mol. The Balaban J connectivity index is 0. The molecule has 0 aromatic carbocycles. The van der Waals surface area contributed by atoms with Gasteiger partial charge in [-0.25, -0.2) is 0 Å². The van der Waals surface area contributed by atoms with Crippen LogP contribution in [0.5, 0.6) is 0 Å². The smallest absolute Gasteiger partial charge is 0.305 e. The summed E-state index contributed by atoms with van der Waals surface area (Å²) in [6, 6.07) is 0. The summed E-state index contributed by atoms with van der Waals surface area (Å²) in [5.74, 6) is 0.304. The van der Waals surface area contributed by atoms with Crippen molar-refractivity contribution >= 4 is 17.5 Å². The molecule has 0 bridgehead atoms. The summed E-state index contributed by atoms with van der Waals surface area (Å²) in [7, 11) is 3.25. The Morgan fingerprint density at radius 1 is 0.857 bits per heavy atom. The van der Waals surface area contributed by atoms with E-state index in [2.05, 4.69) is 0 Å². The van der Waals surface area contributed by atoms with Gasteiger partial charge in [0, 0.05) is 33.0 Å². The van der Waals surface area contributed by atoms with E-state index < -0.39 is 0 Å². The molecule has 0 saturated carbocycles. The highest BCUT2D eigenvalue weighted by Crippen LogP contribution is 2.18. The lowest BCUT2D eigenvalue weighted by atomic mass is 9.92. The fraction of sp³-hybridized carbons (Fsp3) is 0.864. The highest BCUT2D eigenvalue weighted by atomic mass is 16.5. The number of carbonyl (C=O) groups excluding carboxylic acids is 3. The first-order chi connectivity index (χ1) is 13.2. The second kappa shape index (κ2) is 19.1. The van der Waals surface area contributed by atoms with Gasteiger partial charge in [0.2, 0.25) is 0 Å². The Hall–Kier alpha value is -1.27. The van der Waals surface area contributed by atoms with Crippen molar-refractivity contribution in [3.05, 3.63) is 0 Å². The standard InChI is InChI=1S/C16H30O4.C6H12O2/c1-5-20-16(18)12-10-8-6-7-9-11-15(13(2)17)14(3)19-4;1-5(7)4-6(2)8-3/h14-15H,5-12H2,1-4H3;6H,4H2,1-3H3. The van der Waals surface area contributed by atoms with E-state index in [4.69, 9.17) is 14.2 Å². The predicted octanol–water partition coefficient (Wildman–Crippen LogP) is 4.52. The molecule has 0 spiro atoms. The maximum Gasteiger partial charge on any atom is 0.305 e. The van der Waals surface area contributed by atoms with Crippen LogP contribution in [0.15, 0.2) is 0 Å². The van der Waals surface area contributed by atoms with Gasteiger partial charge in [-0.2, -0.15) is 0 Å². The van der Waals surface area contributed by atoms with Crippen molar-refractivity contribution in [2.45, 2.75) is 98.2 Å².